The first-order valence-electron chi connectivity index (χ1n) is 4.26. The van der Waals surface area contributed by atoms with Gasteiger partial charge in [-0.05, 0) is 24.7 Å². The summed E-state index contributed by atoms with van der Waals surface area (Å²) >= 11 is 4.92. The Hall–Kier alpha value is -1.55. The van der Waals surface area contributed by atoms with Gasteiger partial charge in [0.2, 0.25) is 4.77 Å². The number of hydrogen-bond acceptors (Lipinski definition) is 2. The Bertz CT molecular complexity index is 499. The molecule has 14 heavy (non-hydrogen) atoms. The van der Waals surface area contributed by atoms with Crippen LogP contribution in [0.1, 0.15) is 5.69 Å². The van der Waals surface area contributed by atoms with E-state index in [1.165, 1.54) is 0 Å². The summed E-state index contributed by atoms with van der Waals surface area (Å²) in [5.74, 6) is 0. The second-order valence-corrected chi connectivity index (χ2v) is 3.46. The summed E-state index contributed by atoms with van der Waals surface area (Å²) in [7, 11) is 0. The number of nitrogens with one attached hydrogen (secondary N) is 1. The van der Waals surface area contributed by atoms with E-state index in [2.05, 4.69) is 4.98 Å². The molecular weight excluding hydrogens is 196 g/mol. The van der Waals surface area contributed by atoms with E-state index in [0.29, 0.717) is 4.77 Å². The highest BCUT2D eigenvalue weighted by Gasteiger charge is 2.07. The molecule has 0 fully saturated rings. The van der Waals surface area contributed by atoms with Crippen LogP contribution in [0.2, 0.25) is 0 Å². The molecule has 0 amide bonds. The van der Waals surface area contributed by atoms with Gasteiger partial charge < -0.3 is 10.2 Å². The van der Waals surface area contributed by atoms with Crippen molar-refractivity contribution < 1.29 is 5.21 Å². The third kappa shape index (κ3) is 1.33. The van der Waals surface area contributed by atoms with E-state index in [0.717, 1.165) is 21.7 Å². The highest BCUT2D eigenvalue weighted by molar-refractivity contribution is 7.71. The minimum Gasteiger partial charge on any atom is -0.426 e. The molecule has 0 aliphatic rings. The van der Waals surface area contributed by atoms with Crippen molar-refractivity contribution >= 4 is 12.2 Å². The van der Waals surface area contributed by atoms with Crippen molar-refractivity contribution in [1.82, 2.24) is 9.71 Å². The third-order valence-corrected chi connectivity index (χ3v) is 2.44. The molecule has 0 unspecified atom stereocenters. The topological polar surface area (TPSA) is 41.0 Å². The molecule has 2 N–H and O–H groups in total. The van der Waals surface area contributed by atoms with Crippen LogP contribution in [0, 0.1) is 11.7 Å². The number of aromatic nitrogens is 2. The van der Waals surface area contributed by atoms with Crippen molar-refractivity contribution in [1.29, 1.82) is 0 Å². The first kappa shape index (κ1) is 9.02. The number of imidazole rings is 1. The first-order valence-corrected chi connectivity index (χ1v) is 4.67. The Morgan fingerprint density at radius 3 is 2.43 bits per heavy atom. The minimum absolute atomic E-state index is 0.321. The van der Waals surface area contributed by atoms with Crippen molar-refractivity contribution in [3.8, 4) is 11.3 Å². The van der Waals surface area contributed by atoms with Crippen LogP contribution >= 0.6 is 12.2 Å². The number of hydrogen-bond donors (Lipinski definition) is 2. The van der Waals surface area contributed by atoms with Crippen LogP contribution < -0.4 is 0 Å². The van der Waals surface area contributed by atoms with Crippen molar-refractivity contribution in [2.75, 3.05) is 0 Å². The molecule has 0 saturated heterocycles. The molecule has 2 aromatic rings. The SMILES string of the molecule is Cc1c(-c2ccccc2)[nH]c(=S)n1O. The lowest BCUT2D eigenvalue weighted by Gasteiger charge is -1.98. The zero-order chi connectivity index (χ0) is 10.1. The molecule has 0 saturated carbocycles. The summed E-state index contributed by atoms with van der Waals surface area (Å²) in [5.41, 5.74) is 2.60. The molecular formula is C10H10N2OS. The maximum Gasteiger partial charge on any atom is 0.212 e. The zero-order valence-corrected chi connectivity index (χ0v) is 8.51. The van der Waals surface area contributed by atoms with Crippen molar-refractivity contribution in [3.63, 3.8) is 0 Å². The van der Waals surface area contributed by atoms with Gasteiger partial charge in [-0.2, -0.15) is 4.73 Å². The average Bonchev–Trinajstić information content (AvgIpc) is 2.47. The van der Waals surface area contributed by atoms with Gasteiger partial charge >= 0.3 is 0 Å². The lowest BCUT2D eigenvalue weighted by Crippen LogP contribution is -1.92. The number of H-pyrrole nitrogens is 1. The molecule has 72 valence electrons. The molecule has 0 radical (unpaired) electrons. The zero-order valence-electron chi connectivity index (χ0n) is 7.69. The van der Waals surface area contributed by atoms with E-state index >= 15 is 0 Å². The Labute approximate surface area is 86.6 Å². The minimum atomic E-state index is 0.321. The standard InChI is InChI=1S/C10H10N2OS/c1-7-9(11-10(14)12(7)13)8-5-3-2-4-6-8/h2-6,13H,1H3,(H,11,14). The van der Waals surface area contributed by atoms with Crippen molar-refractivity contribution in [2.45, 2.75) is 6.92 Å². The molecule has 0 bridgehead atoms. The molecule has 1 aromatic heterocycles. The van der Waals surface area contributed by atoms with Crippen LogP contribution in [0.15, 0.2) is 30.3 Å². The van der Waals surface area contributed by atoms with Gasteiger partial charge in [0.25, 0.3) is 0 Å². The Morgan fingerprint density at radius 1 is 1.29 bits per heavy atom. The van der Waals surface area contributed by atoms with Gasteiger partial charge in [0.15, 0.2) is 0 Å². The summed E-state index contributed by atoms with van der Waals surface area (Å²) in [6.07, 6.45) is 0. The van der Waals surface area contributed by atoms with Gasteiger partial charge in [0.1, 0.15) is 0 Å². The Balaban J connectivity index is 2.64. The van der Waals surface area contributed by atoms with Gasteiger partial charge in [0.05, 0.1) is 11.4 Å². The largest absolute Gasteiger partial charge is 0.426 e. The van der Waals surface area contributed by atoms with Crippen LogP contribution in [-0.4, -0.2) is 14.9 Å². The summed E-state index contributed by atoms with van der Waals surface area (Å²) in [5, 5.41) is 9.47. The third-order valence-electron chi connectivity index (χ3n) is 2.17. The number of aromatic amines is 1. The summed E-state index contributed by atoms with van der Waals surface area (Å²) in [4.78, 5) is 2.96. The number of benzene rings is 1. The van der Waals surface area contributed by atoms with Gasteiger partial charge in [0, 0.05) is 0 Å². The lowest BCUT2D eigenvalue weighted by molar-refractivity contribution is 0.175. The molecule has 3 nitrogen and oxygen atoms in total. The highest BCUT2D eigenvalue weighted by Crippen LogP contribution is 2.20. The predicted octanol–water partition coefficient (Wildman–Crippen LogP) is 2.76. The van der Waals surface area contributed by atoms with E-state index in [4.69, 9.17) is 12.2 Å². The van der Waals surface area contributed by atoms with Gasteiger partial charge in [-0.15, -0.1) is 0 Å². The fourth-order valence-electron chi connectivity index (χ4n) is 1.39. The van der Waals surface area contributed by atoms with Crippen LogP contribution in [-0.2, 0) is 0 Å². The second-order valence-electron chi connectivity index (χ2n) is 3.07. The fourth-order valence-corrected chi connectivity index (χ4v) is 1.63. The molecule has 0 aliphatic heterocycles. The van der Waals surface area contributed by atoms with Crippen LogP contribution in [0.4, 0.5) is 0 Å². The van der Waals surface area contributed by atoms with Crippen molar-refractivity contribution in [2.24, 2.45) is 0 Å². The molecule has 2 rings (SSSR count). The molecule has 0 spiro atoms. The summed E-state index contributed by atoms with van der Waals surface area (Å²) in [6.45, 7) is 1.81. The smallest absolute Gasteiger partial charge is 0.212 e. The molecule has 0 atom stereocenters. The van der Waals surface area contributed by atoms with Crippen LogP contribution in [0.25, 0.3) is 11.3 Å². The van der Waals surface area contributed by atoms with E-state index in [-0.39, 0.29) is 0 Å². The molecule has 4 heteroatoms. The summed E-state index contributed by atoms with van der Waals surface area (Å²) in [6, 6.07) is 9.77. The Kier molecular flexibility index (Phi) is 2.13. The average molecular weight is 206 g/mol. The quantitative estimate of drug-likeness (QED) is 0.556. The maximum atomic E-state index is 9.47. The first-order chi connectivity index (χ1) is 6.70. The van der Waals surface area contributed by atoms with Gasteiger partial charge in [-0.3, -0.25) is 0 Å². The monoisotopic (exact) mass is 206 g/mol. The van der Waals surface area contributed by atoms with E-state index in [1.807, 2.05) is 37.3 Å². The molecule has 1 aromatic carbocycles. The number of nitrogens with zero attached hydrogens (tertiary/aromatic N) is 1. The van der Waals surface area contributed by atoms with Crippen LogP contribution in [0.3, 0.4) is 0 Å². The normalized spacial score (nSPS) is 10.4. The molecule has 0 aliphatic carbocycles. The van der Waals surface area contributed by atoms with E-state index in [1.54, 1.807) is 0 Å². The summed E-state index contributed by atoms with van der Waals surface area (Å²) < 4.78 is 1.30. The van der Waals surface area contributed by atoms with E-state index in [9.17, 15) is 5.21 Å². The predicted molar refractivity (Wildman–Crippen MR) is 57.0 cm³/mol. The molecule has 1 heterocycles. The van der Waals surface area contributed by atoms with Crippen molar-refractivity contribution in [3.05, 3.63) is 40.8 Å². The second kappa shape index (κ2) is 3.31. The highest BCUT2D eigenvalue weighted by atomic mass is 32.1. The maximum absolute atomic E-state index is 9.47. The fraction of sp³-hybridized carbons (Fsp3) is 0.100. The van der Waals surface area contributed by atoms with Gasteiger partial charge in [-0.1, -0.05) is 30.3 Å². The Morgan fingerprint density at radius 2 is 1.93 bits per heavy atom. The number of rotatable bonds is 1. The van der Waals surface area contributed by atoms with Crippen LogP contribution in [0.5, 0.6) is 0 Å². The van der Waals surface area contributed by atoms with Gasteiger partial charge in [-0.25, -0.2) is 0 Å². The lowest BCUT2D eigenvalue weighted by atomic mass is 10.1. The van der Waals surface area contributed by atoms with E-state index < -0.39 is 0 Å².